The average Bonchev–Trinajstić information content (AvgIpc) is 2.80. The molecule has 1 aromatic carbocycles. The number of nitrogens with two attached hydrogens (primary N) is 1. The maximum absolute atomic E-state index is 5.91. The first-order chi connectivity index (χ1) is 9.19. The molecule has 0 amide bonds. The molecule has 0 aliphatic rings. The molecule has 0 saturated heterocycles. The zero-order valence-corrected chi connectivity index (χ0v) is 13.3. The molecule has 6 heteroatoms. The van der Waals surface area contributed by atoms with Gasteiger partial charge in [-0.15, -0.1) is 11.3 Å². The van der Waals surface area contributed by atoms with E-state index in [4.69, 9.17) is 22.2 Å². The van der Waals surface area contributed by atoms with Crippen LogP contribution in [0.1, 0.15) is 4.88 Å². The molecule has 1 atom stereocenters. The van der Waals surface area contributed by atoms with E-state index in [2.05, 4.69) is 21.4 Å². The van der Waals surface area contributed by atoms with Crippen molar-refractivity contribution in [3.05, 3.63) is 50.1 Å². The minimum atomic E-state index is 0.0499. The molecular formula is C13H14BrClN2OS. The number of benzene rings is 1. The minimum Gasteiger partial charge on any atom is -0.492 e. The largest absolute Gasteiger partial charge is 0.492 e. The van der Waals surface area contributed by atoms with Gasteiger partial charge < -0.3 is 4.74 Å². The van der Waals surface area contributed by atoms with E-state index in [1.165, 1.54) is 4.88 Å². The van der Waals surface area contributed by atoms with Crippen LogP contribution in [0.25, 0.3) is 0 Å². The summed E-state index contributed by atoms with van der Waals surface area (Å²) in [7, 11) is 0. The summed E-state index contributed by atoms with van der Waals surface area (Å²) in [5.41, 5.74) is 2.78. The lowest BCUT2D eigenvalue weighted by Gasteiger charge is -2.16. The first-order valence-electron chi connectivity index (χ1n) is 5.75. The molecule has 0 saturated carbocycles. The molecule has 3 nitrogen and oxygen atoms in total. The van der Waals surface area contributed by atoms with Crippen LogP contribution in [0.4, 0.5) is 0 Å². The van der Waals surface area contributed by atoms with Gasteiger partial charge in [0.25, 0.3) is 0 Å². The molecule has 0 aliphatic carbocycles. The Morgan fingerprint density at radius 3 is 2.89 bits per heavy atom. The molecule has 0 radical (unpaired) electrons. The van der Waals surface area contributed by atoms with E-state index in [0.717, 1.165) is 16.6 Å². The number of hydrogen-bond donors (Lipinski definition) is 2. The Kier molecular flexibility index (Phi) is 5.66. The Bertz CT molecular complexity index is 535. The lowest BCUT2D eigenvalue weighted by molar-refractivity contribution is 0.264. The number of hydrogen-bond acceptors (Lipinski definition) is 4. The second-order valence-corrected chi connectivity index (χ2v) is 6.32. The van der Waals surface area contributed by atoms with E-state index in [1.807, 2.05) is 29.6 Å². The molecule has 3 N–H and O–H groups in total. The summed E-state index contributed by atoms with van der Waals surface area (Å²) in [6, 6.07) is 9.42. The Hall–Kier alpha value is -0.590. The fourth-order valence-electron chi connectivity index (χ4n) is 1.61. The average molecular weight is 362 g/mol. The highest BCUT2D eigenvalue weighted by atomic mass is 79.9. The van der Waals surface area contributed by atoms with Crippen LogP contribution < -0.4 is 16.0 Å². The zero-order valence-electron chi connectivity index (χ0n) is 10.1. The van der Waals surface area contributed by atoms with E-state index < -0.39 is 0 Å². The van der Waals surface area contributed by atoms with Gasteiger partial charge in [-0.3, -0.25) is 11.3 Å². The third-order valence-electron chi connectivity index (χ3n) is 2.61. The fraction of sp³-hybridized carbons (Fsp3) is 0.231. The first kappa shape index (κ1) is 14.8. The monoisotopic (exact) mass is 360 g/mol. The highest BCUT2D eigenvalue weighted by molar-refractivity contribution is 9.10. The van der Waals surface area contributed by atoms with Crippen LogP contribution in [-0.4, -0.2) is 12.6 Å². The summed E-state index contributed by atoms with van der Waals surface area (Å²) in [6.07, 6.45) is 0.815. The van der Waals surface area contributed by atoms with Gasteiger partial charge in [-0.1, -0.05) is 17.7 Å². The normalized spacial score (nSPS) is 12.4. The Morgan fingerprint density at radius 1 is 1.42 bits per heavy atom. The SMILES string of the molecule is NNC(COc1cccc(Cl)c1)Cc1sccc1Br. The smallest absolute Gasteiger partial charge is 0.120 e. The van der Waals surface area contributed by atoms with Crippen molar-refractivity contribution < 1.29 is 4.74 Å². The molecule has 1 heterocycles. The van der Waals surface area contributed by atoms with Gasteiger partial charge in [0.15, 0.2) is 0 Å². The van der Waals surface area contributed by atoms with Gasteiger partial charge in [0.2, 0.25) is 0 Å². The van der Waals surface area contributed by atoms with Crippen molar-refractivity contribution >= 4 is 38.9 Å². The van der Waals surface area contributed by atoms with Gasteiger partial charge in [0.1, 0.15) is 12.4 Å². The van der Waals surface area contributed by atoms with Crippen molar-refractivity contribution in [3.8, 4) is 5.75 Å². The Labute approximate surface area is 129 Å². The summed E-state index contributed by atoms with van der Waals surface area (Å²) in [4.78, 5) is 1.25. The van der Waals surface area contributed by atoms with Crippen molar-refractivity contribution in [1.82, 2.24) is 5.43 Å². The van der Waals surface area contributed by atoms with E-state index in [-0.39, 0.29) is 6.04 Å². The first-order valence-corrected chi connectivity index (χ1v) is 7.80. The van der Waals surface area contributed by atoms with Gasteiger partial charge in [-0.2, -0.15) is 0 Å². The quantitative estimate of drug-likeness (QED) is 0.610. The molecule has 0 spiro atoms. The predicted molar refractivity (Wildman–Crippen MR) is 83.8 cm³/mol. The summed E-state index contributed by atoms with van der Waals surface area (Å²) < 4.78 is 6.80. The number of nitrogens with one attached hydrogen (secondary N) is 1. The second kappa shape index (κ2) is 7.26. The number of thiophene rings is 1. The van der Waals surface area contributed by atoms with E-state index in [1.54, 1.807) is 17.4 Å². The third kappa shape index (κ3) is 4.47. The minimum absolute atomic E-state index is 0.0499. The molecule has 2 rings (SSSR count). The number of halogens is 2. The van der Waals surface area contributed by atoms with E-state index in [0.29, 0.717) is 11.6 Å². The van der Waals surface area contributed by atoms with Crippen LogP contribution in [0.2, 0.25) is 5.02 Å². The maximum Gasteiger partial charge on any atom is 0.120 e. The molecule has 0 bridgehead atoms. The van der Waals surface area contributed by atoms with Crippen molar-refractivity contribution in [2.45, 2.75) is 12.5 Å². The van der Waals surface area contributed by atoms with Crippen molar-refractivity contribution in [3.63, 3.8) is 0 Å². The molecule has 2 aromatic rings. The van der Waals surface area contributed by atoms with Gasteiger partial charge in [0, 0.05) is 20.8 Å². The third-order valence-corrected chi connectivity index (χ3v) is 4.79. The molecule has 19 heavy (non-hydrogen) atoms. The Morgan fingerprint density at radius 2 is 2.26 bits per heavy atom. The topological polar surface area (TPSA) is 47.3 Å². The lowest BCUT2D eigenvalue weighted by Crippen LogP contribution is -2.41. The molecule has 102 valence electrons. The maximum atomic E-state index is 5.91. The summed E-state index contributed by atoms with van der Waals surface area (Å²) in [5.74, 6) is 6.31. The van der Waals surface area contributed by atoms with Crippen molar-refractivity contribution in [2.24, 2.45) is 5.84 Å². The molecule has 0 fully saturated rings. The predicted octanol–water partition coefficient (Wildman–Crippen LogP) is 3.62. The van der Waals surface area contributed by atoms with Gasteiger partial charge in [-0.25, -0.2) is 0 Å². The van der Waals surface area contributed by atoms with E-state index >= 15 is 0 Å². The lowest BCUT2D eigenvalue weighted by atomic mass is 10.2. The number of ether oxygens (including phenoxy) is 1. The van der Waals surface area contributed by atoms with Crippen LogP contribution >= 0.6 is 38.9 Å². The van der Waals surface area contributed by atoms with Crippen LogP contribution in [0.15, 0.2) is 40.2 Å². The van der Waals surface area contributed by atoms with Gasteiger partial charge in [-0.05, 0) is 45.6 Å². The van der Waals surface area contributed by atoms with Crippen LogP contribution in [0, 0.1) is 0 Å². The molecule has 1 unspecified atom stereocenters. The van der Waals surface area contributed by atoms with E-state index in [9.17, 15) is 0 Å². The molecule has 1 aromatic heterocycles. The standard InChI is InChI=1S/C13H14BrClN2OS/c14-12-4-5-19-13(12)7-10(17-16)8-18-11-3-1-2-9(15)6-11/h1-6,10,17H,7-8,16H2. The Balaban J connectivity index is 1.91. The summed E-state index contributed by atoms with van der Waals surface area (Å²) in [6.45, 7) is 0.487. The highest BCUT2D eigenvalue weighted by Gasteiger charge is 2.12. The zero-order chi connectivity index (χ0) is 13.7. The summed E-state index contributed by atoms with van der Waals surface area (Å²) in [5, 5.41) is 2.71. The van der Waals surface area contributed by atoms with Gasteiger partial charge in [0.05, 0.1) is 6.04 Å². The van der Waals surface area contributed by atoms with Crippen LogP contribution in [0.5, 0.6) is 5.75 Å². The summed E-state index contributed by atoms with van der Waals surface area (Å²) >= 11 is 11.1. The fourth-order valence-corrected chi connectivity index (χ4v) is 3.39. The van der Waals surface area contributed by atoms with Crippen LogP contribution in [0.3, 0.4) is 0 Å². The second-order valence-electron chi connectivity index (χ2n) is 4.03. The number of rotatable bonds is 6. The molecular weight excluding hydrogens is 348 g/mol. The highest BCUT2D eigenvalue weighted by Crippen LogP contribution is 2.24. The number of hydrazine groups is 1. The van der Waals surface area contributed by atoms with Crippen molar-refractivity contribution in [1.29, 1.82) is 0 Å². The van der Waals surface area contributed by atoms with Crippen LogP contribution in [-0.2, 0) is 6.42 Å². The molecule has 0 aliphatic heterocycles. The van der Waals surface area contributed by atoms with Crippen molar-refractivity contribution in [2.75, 3.05) is 6.61 Å². The van der Waals surface area contributed by atoms with Gasteiger partial charge >= 0.3 is 0 Å².